The van der Waals surface area contributed by atoms with Crippen molar-refractivity contribution in [1.82, 2.24) is 4.31 Å². The van der Waals surface area contributed by atoms with Crippen molar-refractivity contribution in [3.05, 3.63) is 71.3 Å². The maximum absolute atomic E-state index is 12.2. The number of allylic oxidation sites excluding steroid dienone is 1. The number of hydrogen-bond acceptors (Lipinski definition) is 3. The molecule has 0 aromatic heterocycles. The van der Waals surface area contributed by atoms with Crippen LogP contribution in [0.1, 0.15) is 21.5 Å². The van der Waals surface area contributed by atoms with E-state index in [1.165, 1.54) is 44.4 Å². The van der Waals surface area contributed by atoms with Gasteiger partial charge in [0.25, 0.3) is 0 Å². The SMILES string of the molecule is Cc1ccccc1C=CC(=O)c1ccc(S(=O)(=O)N(C)C)cc1. The Kier molecular flexibility index (Phi) is 5.13. The van der Waals surface area contributed by atoms with E-state index < -0.39 is 10.0 Å². The summed E-state index contributed by atoms with van der Waals surface area (Å²) in [6, 6.07) is 13.7. The number of nitrogens with zero attached hydrogens (tertiary/aromatic N) is 1. The van der Waals surface area contributed by atoms with Crippen LogP contribution >= 0.6 is 0 Å². The molecule has 0 unspecified atom stereocenters. The summed E-state index contributed by atoms with van der Waals surface area (Å²) < 4.78 is 25.1. The van der Waals surface area contributed by atoms with E-state index in [4.69, 9.17) is 0 Å². The van der Waals surface area contributed by atoms with Crippen molar-refractivity contribution in [3.63, 3.8) is 0 Å². The normalized spacial score (nSPS) is 12.0. The zero-order valence-corrected chi connectivity index (χ0v) is 14.2. The minimum absolute atomic E-state index is 0.165. The van der Waals surface area contributed by atoms with E-state index in [9.17, 15) is 13.2 Å². The lowest BCUT2D eigenvalue weighted by Crippen LogP contribution is -2.22. The Morgan fingerprint density at radius 2 is 1.61 bits per heavy atom. The number of benzene rings is 2. The summed E-state index contributed by atoms with van der Waals surface area (Å²) in [6.45, 7) is 1.98. The van der Waals surface area contributed by atoms with Gasteiger partial charge < -0.3 is 0 Å². The summed E-state index contributed by atoms with van der Waals surface area (Å²) in [5, 5.41) is 0. The van der Waals surface area contributed by atoms with Gasteiger partial charge in [0.2, 0.25) is 10.0 Å². The average molecular weight is 329 g/mol. The second-order valence-electron chi connectivity index (χ2n) is 5.37. The van der Waals surface area contributed by atoms with Gasteiger partial charge in [-0.2, -0.15) is 0 Å². The van der Waals surface area contributed by atoms with Crippen LogP contribution in [0.2, 0.25) is 0 Å². The number of carbonyl (C=O) groups excluding carboxylic acids is 1. The molecule has 0 fully saturated rings. The van der Waals surface area contributed by atoms with Gasteiger partial charge in [0.05, 0.1) is 4.90 Å². The third kappa shape index (κ3) is 3.94. The first kappa shape index (κ1) is 17.1. The molecule has 5 heteroatoms. The molecule has 4 nitrogen and oxygen atoms in total. The van der Waals surface area contributed by atoms with Crippen LogP contribution < -0.4 is 0 Å². The first-order chi connectivity index (χ1) is 10.8. The van der Waals surface area contributed by atoms with Crippen LogP contribution in [-0.2, 0) is 10.0 Å². The number of carbonyl (C=O) groups is 1. The van der Waals surface area contributed by atoms with E-state index in [0.29, 0.717) is 5.56 Å². The van der Waals surface area contributed by atoms with Gasteiger partial charge >= 0.3 is 0 Å². The van der Waals surface area contributed by atoms with Gasteiger partial charge in [-0.05, 0) is 48.4 Å². The van der Waals surface area contributed by atoms with Gasteiger partial charge in [-0.1, -0.05) is 30.3 Å². The number of rotatable bonds is 5. The van der Waals surface area contributed by atoms with Crippen LogP contribution in [0.5, 0.6) is 0 Å². The maximum atomic E-state index is 12.2. The lowest BCUT2D eigenvalue weighted by Gasteiger charge is -2.11. The highest BCUT2D eigenvalue weighted by molar-refractivity contribution is 7.89. The zero-order valence-electron chi connectivity index (χ0n) is 13.4. The summed E-state index contributed by atoms with van der Waals surface area (Å²) >= 11 is 0. The Labute approximate surface area is 137 Å². The minimum Gasteiger partial charge on any atom is -0.289 e. The lowest BCUT2D eigenvalue weighted by molar-refractivity contribution is 0.104. The van der Waals surface area contributed by atoms with Crippen molar-refractivity contribution in [3.8, 4) is 0 Å². The quantitative estimate of drug-likeness (QED) is 0.625. The van der Waals surface area contributed by atoms with Crippen molar-refractivity contribution in [1.29, 1.82) is 0 Å². The fourth-order valence-electron chi connectivity index (χ4n) is 2.04. The van der Waals surface area contributed by atoms with Crippen LogP contribution in [0.15, 0.2) is 59.5 Å². The fourth-order valence-corrected chi connectivity index (χ4v) is 2.94. The molecule has 23 heavy (non-hydrogen) atoms. The van der Waals surface area contributed by atoms with E-state index in [2.05, 4.69) is 0 Å². The van der Waals surface area contributed by atoms with E-state index in [-0.39, 0.29) is 10.7 Å². The predicted molar refractivity (Wildman–Crippen MR) is 91.9 cm³/mol. The monoisotopic (exact) mass is 329 g/mol. The molecule has 0 atom stereocenters. The van der Waals surface area contributed by atoms with Gasteiger partial charge in [0.15, 0.2) is 5.78 Å². The molecule has 0 heterocycles. The molecule has 0 amide bonds. The van der Waals surface area contributed by atoms with Crippen LogP contribution in [0.4, 0.5) is 0 Å². The Balaban J connectivity index is 2.20. The Hall–Kier alpha value is -2.24. The topological polar surface area (TPSA) is 54.5 Å². The highest BCUT2D eigenvalue weighted by Gasteiger charge is 2.17. The highest BCUT2D eigenvalue weighted by Crippen LogP contribution is 2.15. The molecule has 0 bridgehead atoms. The van der Waals surface area contributed by atoms with Crippen LogP contribution in [-0.4, -0.2) is 32.6 Å². The van der Waals surface area contributed by atoms with Crippen molar-refractivity contribution >= 4 is 21.9 Å². The molecule has 0 saturated heterocycles. The third-order valence-electron chi connectivity index (χ3n) is 3.52. The molecule has 0 spiro atoms. The van der Waals surface area contributed by atoms with Crippen LogP contribution in [0, 0.1) is 6.92 Å². The third-order valence-corrected chi connectivity index (χ3v) is 5.35. The number of aryl methyl sites for hydroxylation is 1. The van der Waals surface area contributed by atoms with Gasteiger partial charge in [-0.25, -0.2) is 12.7 Å². The van der Waals surface area contributed by atoms with Crippen molar-refractivity contribution < 1.29 is 13.2 Å². The Bertz CT molecular complexity index is 835. The fraction of sp³-hybridized carbons (Fsp3) is 0.167. The molecule has 2 aromatic carbocycles. The molecule has 0 aliphatic heterocycles. The van der Waals surface area contributed by atoms with Gasteiger partial charge in [-0.15, -0.1) is 0 Å². The molecule has 120 valence electrons. The van der Waals surface area contributed by atoms with Crippen LogP contribution in [0.3, 0.4) is 0 Å². The Morgan fingerprint density at radius 1 is 1.00 bits per heavy atom. The van der Waals surface area contributed by atoms with E-state index >= 15 is 0 Å². The Morgan fingerprint density at radius 3 is 2.17 bits per heavy atom. The van der Waals surface area contributed by atoms with Gasteiger partial charge in [0, 0.05) is 19.7 Å². The van der Waals surface area contributed by atoms with Gasteiger partial charge in [-0.3, -0.25) is 4.79 Å². The maximum Gasteiger partial charge on any atom is 0.242 e. The van der Waals surface area contributed by atoms with Crippen LogP contribution in [0.25, 0.3) is 6.08 Å². The molecular formula is C18H19NO3S. The summed E-state index contributed by atoms with van der Waals surface area (Å²) in [6.07, 6.45) is 3.26. The van der Waals surface area contributed by atoms with E-state index in [1.54, 1.807) is 6.08 Å². The molecule has 2 aromatic rings. The zero-order chi connectivity index (χ0) is 17.0. The number of ketones is 1. The molecule has 2 rings (SSSR count). The van der Waals surface area contributed by atoms with Gasteiger partial charge in [0.1, 0.15) is 0 Å². The van der Waals surface area contributed by atoms with E-state index in [0.717, 1.165) is 15.4 Å². The lowest BCUT2D eigenvalue weighted by atomic mass is 10.1. The molecule has 0 aliphatic carbocycles. The molecular weight excluding hydrogens is 310 g/mol. The number of hydrogen-bond donors (Lipinski definition) is 0. The molecule has 0 saturated carbocycles. The largest absolute Gasteiger partial charge is 0.289 e. The summed E-state index contributed by atoms with van der Waals surface area (Å²) in [4.78, 5) is 12.3. The standard InChI is InChI=1S/C18H19NO3S/c1-14-6-4-5-7-15(14)10-13-18(20)16-8-11-17(12-9-16)23(21,22)19(2)3/h4-13H,1-3H3. The predicted octanol–water partition coefficient (Wildman–Crippen LogP) is 3.14. The smallest absolute Gasteiger partial charge is 0.242 e. The molecule has 0 radical (unpaired) electrons. The van der Waals surface area contributed by atoms with Crippen molar-refractivity contribution in [2.45, 2.75) is 11.8 Å². The number of sulfonamides is 1. The second-order valence-corrected chi connectivity index (χ2v) is 7.52. The van der Waals surface area contributed by atoms with E-state index in [1.807, 2.05) is 31.2 Å². The summed E-state index contributed by atoms with van der Waals surface area (Å²) in [5.74, 6) is -0.165. The summed E-state index contributed by atoms with van der Waals surface area (Å²) in [7, 11) is -0.533. The summed E-state index contributed by atoms with van der Waals surface area (Å²) in [5.41, 5.74) is 2.52. The average Bonchev–Trinajstić information content (AvgIpc) is 2.53. The van der Waals surface area contributed by atoms with Crippen molar-refractivity contribution in [2.24, 2.45) is 0 Å². The van der Waals surface area contributed by atoms with Crippen molar-refractivity contribution in [2.75, 3.05) is 14.1 Å². The first-order valence-electron chi connectivity index (χ1n) is 7.13. The molecule has 0 N–H and O–H groups in total. The highest BCUT2D eigenvalue weighted by atomic mass is 32.2. The second kappa shape index (κ2) is 6.89. The molecule has 0 aliphatic rings. The minimum atomic E-state index is -3.48. The first-order valence-corrected chi connectivity index (χ1v) is 8.57.